The molecule has 0 saturated carbocycles. The zero-order valence-corrected chi connectivity index (χ0v) is 28.1. The number of rotatable bonds is 8. The number of pyridine rings is 1. The van der Waals surface area contributed by atoms with Crippen molar-refractivity contribution < 1.29 is 0 Å². The third kappa shape index (κ3) is 6.97. The lowest BCUT2D eigenvalue weighted by atomic mass is 9.98. The fourth-order valence-electron chi connectivity index (χ4n) is 6.07. The fraction of sp³-hybridized carbons (Fsp3) is 0.333. The van der Waals surface area contributed by atoms with Crippen LogP contribution in [-0.4, -0.2) is 43.5 Å². The van der Waals surface area contributed by atoms with Gasteiger partial charge in [0.1, 0.15) is 11.8 Å². The first-order chi connectivity index (χ1) is 22.1. The van der Waals surface area contributed by atoms with Crippen molar-refractivity contribution in [1.82, 2.24) is 24.9 Å². The van der Waals surface area contributed by atoms with Crippen molar-refractivity contribution in [3.8, 4) is 6.07 Å². The van der Waals surface area contributed by atoms with Gasteiger partial charge in [0, 0.05) is 47.5 Å². The average Bonchev–Trinajstić information content (AvgIpc) is 3.53. The van der Waals surface area contributed by atoms with Crippen molar-refractivity contribution in [2.45, 2.75) is 64.7 Å². The summed E-state index contributed by atoms with van der Waals surface area (Å²) in [5.41, 5.74) is 6.75. The van der Waals surface area contributed by atoms with Gasteiger partial charge in [-0.3, -0.25) is 9.88 Å². The Kier molecular flexibility index (Phi) is 9.19. The molecule has 0 unspecified atom stereocenters. The standard InChI is InChI=1S/C36H38Cl2N8/c1-23-5-7-24(8-6-23)20-40-33-26(19-39)21-41-35-30(33)17-28(18-31(35)38)42-34(25-9-11-27(37)12-10-25)32-22-46(44-43-32)29-13-15-45(16-14-29)36(2,3)4/h5-12,17-18,21-22,29,34,42H,13-16,20H2,1-4H3,(H,40,41)/t34-/m0/s1. The first-order valence-corrected chi connectivity index (χ1v) is 16.3. The summed E-state index contributed by atoms with van der Waals surface area (Å²) in [5.74, 6) is 0. The number of piperidine rings is 1. The lowest BCUT2D eigenvalue weighted by molar-refractivity contribution is 0.0866. The van der Waals surface area contributed by atoms with Gasteiger partial charge in [-0.15, -0.1) is 5.10 Å². The molecule has 0 radical (unpaired) electrons. The number of halogens is 2. The Labute approximate surface area is 280 Å². The highest BCUT2D eigenvalue weighted by Gasteiger charge is 2.29. The normalized spacial score (nSPS) is 15.1. The number of benzene rings is 3. The lowest BCUT2D eigenvalue weighted by Gasteiger charge is -2.40. The number of aromatic nitrogens is 4. The van der Waals surface area contributed by atoms with Crippen LogP contribution in [0.25, 0.3) is 10.9 Å². The molecule has 0 spiro atoms. The van der Waals surface area contributed by atoms with Crippen LogP contribution in [-0.2, 0) is 6.54 Å². The predicted octanol–water partition coefficient (Wildman–Crippen LogP) is 8.56. The second-order valence-electron chi connectivity index (χ2n) is 13.0. The molecule has 3 aromatic carbocycles. The summed E-state index contributed by atoms with van der Waals surface area (Å²) in [4.78, 5) is 7.06. The molecule has 2 N–H and O–H groups in total. The smallest absolute Gasteiger partial charge is 0.109 e. The van der Waals surface area contributed by atoms with Crippen LogP contribution in [0.2, 0.25) is 10.0 Å². The highest BCUT2D eigenvalue weighted by atomic mass is 35.5. The second-order valence-corrected chi connectivity index (χ2v) is 13.8. The molecule has 1 aliphatic rings. The number of nitriles is 1. The molecule has 0 amide bonds. The summed E-state index contributed by atoms with van der Waals surface area (Å²) < 4.78 is 2.02. The molecule has 1 saturated heterocycles. The van der Waals surface area contributed by atoms with Gasteiger partial charge in [-0.1, -0.05) is 70.4 Å². The maximum Gasteiger partial charge on any atom is 0.109 e. The second kappa shape index (κ2) is 13.3. The van der Waals surface area contributed by atoms with E-state index in [0.717, 1.165) is 53.8 Å². The topological polar surface area (TPSA) is 94.7 Å². The SMILES string of the molecule is Cc1ccc(CNc2c(C#N)cnc3c(Cl)cc(N[C@@H](c4ccc(Cl)cc4)c4cn(C5CCN(C(C)(C)C)CC5)nn4)cc23)cc1. The number of likely N-dealkylation sites (tertiary alicyclic amines) is 1. The monoisotopic (exact) mass is 652 g/mol. The Morgan fingerprint density at radius 2 is 1.74 bits per heavy atom. The molecule has 5 aromatic rings. The Morgan fingerprint density at radius 1 is 1.02 bits per heavy atom. The van der Waals surface area contributed by atoms with Crippen molar-refractivity contribution in [2.24, 2.45) is 0 Å². The van der Waals surface area contributed by atoms with Crippen molar-refractivity contribution in [2.75, 3.05) is 23.7 Å². The summed E-state index contributed by atoms with van der Waals surface area (Å²) in [7, 11) is 0. The van der Waals surface area contributed by atoms with Crippen LogP contribution >= 0.6 is 23.2 Å². The third-order valence-electron chi connectivity index (χ3n) is 8.76. The Morgan fingerprint density at radius 3 is 2.41 bits per heavy atom. The molecule has 6 rings (SSSR count). The number of hydrogen-bond acceptors (Lipinski definition) is 7. The van der Waals surface area contributed by atoms with Crippen LogP contribution < -0.4 is 10.6 Å². The third-order valence-corrected chi connectivity index (χ3v) is 9.30. The maximum absolute atomic E-state index is 9.97. The molecule has 1 fully saturated rings. The Bertz CT molecular complexity index is 1860. The van der Waals surface area contributed by atoms with E-state index in [1.54, 1.807) is 6.20 Å². The average molecular weight is 654 g/mol. The number of fused-ring (bicyclic) bond motifs is 1. The van der Waals surface area contributed by atoms with Crippen LogP contribution in [0, 0.1) is 18.3 Å². The van der Waals surface area contributed by atoms with Crippen LogP contribution in [0.3, 0.4) is 0 Å². The number of aryl methyl sites for hydroxylation is 1. The van der Waals surface area contributed by atoms with Crippen molar-refractivity contribution in [1.29, 1.82) is 5.26 Å². The minimum atomic E-state index is -0.328. The molecule has 46 heavy (non-hydrogen) atoms. The van der Waals surface area contributed by atoms with Gasteiger partial charge in [-0.2, -0.15) is 5.26 Å². The maximum atomic E-state index is 9.97. The minimum absolute atomic E-state index is 0.156. The van der Waals surface area contributed by atoms with Crippen molar-refractivity contribution in [3.63, 3.8) is 0 Å². The number of nitrogens with one attached hydrogen (secondary N) is 2. The number of anilines is 2. The fourth-order valence-corrected chi connectivity index (χ4v) is 6.46. The van der Waals surface area contributed by atoms with E-state index < -0.39 is 0 Å². The minimum Gasteiger partial charge on any atom is -0.379 e. The summed E-state index contributed by atoms with van der Waals surface area (Å²) in [6.45, 7) is 11.5. The molecular weight excluding hydrogens is 615 g/mol. The largest absolute Gasteiger partial charge is 0.379 e. The van der Waals surface area contributed by atoms with E-state index in [1.807, 2.05) is 41.1 Å². The van der Waals surface area contributed by atoms with Crippen molar-refractivity contribution >= 4 is 45.5 Å². The van der Waals surface area contributed by atoms with Gasteiger partial charge in [0.25, 0.3) is 0 Å². The van der Waals surface area contributed by atoms with Crippen LogP contribution in [0.4, 0.5) is 11.4 Å². The Balaban J connectivity index is 1.33. The molecule has 1 atom stereocenters. The highest BCUT2D eigenvalue weighted by molar-refractivity contribution is 6.36. The van der Waals surface area contributed by atoms with Crippen LogP contribution in [0.15, 0.2) is 73.1 Å². The first-order valence-electron chi connectivity index (χ1n) is 15.6. The van der Waals surface area contributed by atoms with Gasteiger partial charge < -0.3 is 10.6 Å². The summed E-state index contributed by atoms with van der Waals surface area (Å²) in [6, 6.07) is 22.2. The van der Waals surface area contributed by atoms with Crippen LogP contribution in [0.1, 0.15) is 73.6 Å². The molecule has 10 heteroatoms. The van der Waals surface area contributed by atoms with Gasteiger partial charge >= 0.3 is 0 Å². The highest BCUT2D eigenvalue weighted by Crippen LogP contribution is 2.36. The molecule has 0 aliphatic carbocycles. The van der Waals surface area contributed by atoms with E-state index in [4.69, 9.17) is 23.2 Å². The van der Waals surface area contributed by atoms with E-state index in [-0.39, 0.29) is 11.6 Å². The molecular formula is C36H38Cl2N8. The van der Waals surface area contributed by atoms with E-state index in [2.05, 4.69) is 95.1 Å². The van der Waals surface area contributed by atoms with E-state index in [1.165, 1.54) is 5.56 Å². The zero-order chi connectivity index (χ0) is 32.4. The van der Waals surface area contributed by atoms with Gasteiger partial charge in [0.15, 0.2) is 0 Å². The van der Waals surface area contributed by atoms with E-state index in [0.29, 0.717) is 39.4 Å². The molecule has 2 aromatic heterocycles. The zero-order valence-electron chi connectivity index (χ0n) is 26.6. The summed E-state index contributed by atoms with van der Waals surface area (Å²) >= 11 is 13.1. The first kappa shape index (κ1) is 31.8. The quantitative estimate of drug-likeness (QED) is 0.173. The van der Waals surface area contributed by atoms with Crippen molar-refractivity contribution in [3.05, 3.63) is 111 Å². The predicted molar refractivity (Wildman–Crippen MR) is 187 cm³/mol. The van der Waals surface area contributed by atoms with Crippen LogP contribution in [0.5, 0.6) is 0 Å². The van der Waals surface area contributed by atoms with Gasteiger partial charge in [0.05, 0.1) is 40.1 Å². The molecule has 1 aliphatic heterocycles. The van der Waals surface area contributed by atoms with E-state index >= 15 is 0 Å². The van der Waals surface area contributed by atoms with E-state index in [9.17, 15) is 5.26 Å². The summed E-state index contributed by atoms with van der Waals surface area (Å²) in [6.07, 6.45) is 5.66. The molecule has 236 valence electrons. The van der Waals surface area contributed by atoms with Gasteiger partial charge in [-0.25, -0.2) is 4.68 Å². The molecule has 3 heterocycles. The number of nitrogens with zero attached hydrogens (tertiary/aromatic N) is 6. The van der Waals surface area contributed by atoms with Gasteiger partial charge in [0.2, 0.25) is 0 Å². The lowest BCUT2D eigenvalue weighted by Crippen LogP contribution is -2.46. The Hall–Kier alpha value is -4.16. The number of hydrogen-bond donors (Lipinski definition) is 2. The van der Waals surface area contributed by atoms with Gasteiger partial charge in [-0.05, 0) is 75.9 Å². The molecule has 0 bridgehead atoms. The summed E-state index contributed by atoms with van der Waals surface area (Å²) in [5, 5.41) is 28.3. The molecule has 8 nitrogen and oxygen atoms in total.